The van der Waals surface area contributed by atoms with Crippen LogP contribution in [0.25, 0.3) is 10.2 Å². The molecule has 9 heteroatoms. The number of carbonyl (C=O) groups is 1. The van der Waals surface area contributed by atoms with Crippen LogP contribution < -0.4 is 4.90 Å². The van der Waals surface area contributed by atoms with E-state index in [1.54, 1.807) is 6.07 Å². The van der Waals surface area contributed by atoms with E-state index in [1.807, 2.05) is 32.0 Å². The summed E-state index contributed by atoms with van der Waals surface area (Å²) >= 11 is 7.55. The maximum absolute atomic E-state index is 13.2. The first kappa shape index (κ1) is 22.5. The zero-order valence-corrected chi connectivity index (χ0v) is 18.3. The molecule has 0 saturated carbocycles. The number of aryl methyl sites for hydroxylation is 1. The summed E-state index contributed by atoms with van der Waals surface area (Å²) in [4.78, 5) is 21.3. The Balaban J connectivity index is 1.96. The number of hydrogen-bond donors (Lipinski definition) is 0. The van der Waals surface area contributed by atoms with Crippen LogP contribution in [0.1, 0.15) is 27.9 Å². The van der Waals surface area contributed by atoms with Gasteiger partial charge in [-0.25, -0.2) is 4.98 Å². The fourth-order valence-electron chi connectivity index (χ4n) is 2.99. The molecule has 0 unspecified atom stereocenters. The SMILES string of the molecule is Cc1c(Cl)ccc2sc(N(CCCN(C)C)C(=O)c3ccc(C(F)(F)F)cc3)nc12. The molecule has 0 aliphatic carbocycles. The van der Waals surface area contributed by atoms with Gasteiger partial charge in [-0.2, -0.15) is 13.2 Å². The number of aromatic nitrogens is 1. The molecule has 0 fully saturated rings. The van der Waals surface area contributed by atoms with Crippen molar-refractivity contribution in [3.63, 3.8) is 0 Å². The number of anilines is 1. The monoisotopic (exact) mass is 455 g/mol. The van der Waals surface area contributed by atoms with Crippen molar-refractivity contribution in [1.29, 1.82) is 0 Å². The number of nitrogens with zero attached hydrogens (tertiary/aromatic N) is 3. The van der Waals surface area contributed by atoms with E-state index in [4.69, 9.17) is 11.6 Å². The Hall–Kier alpha value is -2.16. The standard InChI is InChI=1S/C21H21ClF3N3OS/c1-13-16(22)9-10-17-18(13)26-20(30-17)28(12-4-11-27(2)3)19(29)14-5-7-15(8-6-14)21(23,24)25/h5-10H,4,11-12H2,1-3H3. The minimum absolute atomic E-state index is 0.182. The van der Waals surface area contributed by atoms with Crippen molar-refractivity contribution >= 4 is 44.2 Å². The summed E-state index contributed by atoms with van der Waals surface area (Å²) in [5, 5.41) is 1.09. The molecular weight excluding hydrogens is 435 g/mol. The highest BCUT2D eigenvalue weighted by molar-refractivity contribution is 7.22. The number of fused-ring (bicyclic) bond motifs is 1. The van der Waals surface area contributed by atoms with Crippen LogP contribution in [0.2, 0.25) is 5.02 Å². The largest absolute Gasteiger partial charge is 0.416 e. The van der Waals surface area contributed by atoms with Crippen molar-refractivity contribution in [2.75, 3.05) is 32.1 Å². The molecule has 30 heavy (non-hydrogen) atoms. The minimum Gasteiger partial charge on any atom is -0.309 e. The van der Waals surface area contributed by atoms with Crippen molar-refractivity contribution in [3.8, 4) is 0 Å². The number of hydrogen-bond acceptors (Lipinski definition) is 4. The second-order valence-electron chi connectivity index (χ2n) is 7.20. The highest BCUT2D eigenvalue weighted by Crippen LogP contribution is 2.34. The first-order chi connectivity index (χ1) is 14.1. The quantitative estimate of drug-likeness (QED) is 0.466. The molecule has 0 atom stereocenters. The molecule has 3 aromatic rings. The van der Waals surface area contributed by atoms with E-state index in [2.05, 4.69) is 4.98 Å². The summed E-state index contributed by atoms with van der Waals surface area (Å²) < 4.78 is 39.5. The Morgan fingerprint density at radius 1 is 1.10 bits per heavy atom. The Kier molecular flexibility index (Phi) is 6.69. The van der Waals surface area contributed by atoms with Crippen LogP contribution in [0.4, 0.5) is 18.3 Å². The zero-order chi connectivity index (χ0) is 22.1. The fraction of sp³-hybridized carbons (Fsp3) is 0.333. The lowest BCUT2D eigenvalue weighted by atomic mass is 10.1. The summed E-state index contributed by atoms with van der Waals surface area (Å²) in [6.45, 7) is 3.01. The highest BCUT2D eigenvalue weighted by Gasteiger charge is 2.30. The van der Waals surface area contributed by atoms with Crippen LogP contribution in [0.15, 0.2) is 36.4 Å². The van der Waals surface area contributed by atoms with Crippen molar-refractivity contribution in [3.05, 3.63) is 58.1 Å². The number of alkyl halides is 3. The number of halogens is 4. The Morgan fingerprint density at radius 3 is 2.37 bits per heavy atom. The van der Waals surface area contributed by atoms with E-state index in [0.29, 0.717) is 23.1 Å². The molecule has 160 valence electrons. The van der Waals surface area contributed by atoms with Crippen molar-refractivity contribution in [2.45, 2.75) is 19.5 Å². The Morgan fingerprint density at radius 2 is 1.77 bits per heavy atom. The lowest BCUT2D eigenvalue weighted by molar-refractivity contribution is -0.137. The van der Waals surface area contributed by atoms with Gasteiger partial charge in [0.2, 0.25) is 0 Å². The molecule has 2 aromatic carbocycles. The average molecular weight is 456 g/mol. The van der Waals surface area contributed by atoms with Crippen LogP contribution in [0.5, 0.6) is 0 Å². The van der Waals surface area contributed by atoms with E-state index in [-0.39, 0.29) is 11.5 Å². The third kappa shape index (κ3) is 4.94. The van der Waals surface area contributed by atoms with E-state index in [9.17, 15) is 18.0 Å². The van der Waals surface area contributed by atoms with Gasteiger partial charge in [0.15, 0.2) is 5.13 Å². The van der Waals surface area contributed by atoms with Crippen molar-refractivity contribution in [2.24, 2.45) is 0 Å². The van der Waals surface area contributed by atoms with Gasteiger partial charge < -0.3 is 4.90 Å². The normalized spacial score (nSPS) is 12.0. The molecule has 0 aliphatic rings. The number of benzene rings is 2. The first-order valence-electron chi connectivity index (χ1n) is 9.27. The van der Waals surface area contributed by atoms with Gasteiger partial charge in [-0.05, 0) is 75.9 Å². The summed E-state index contributed by atoms with van der Waals surface area (Å²) in [6.07, 6.45) is -3.76. The van der Waals surface area contributed by atoms with Crippen LogP contribution in [0, 0.1) is 6.92 Å². The van der Waals surface area contributed by atoms with E-state index < -0.39 is 11.7 Å². The van der Waals surface area contributed by atoms with Gasteiger partial charge in [0.25, 0.3) is 5.91 Å². The predicted octanol–water partition coefficient (Wildman–Crippen LogP) is 5.88. The smallest absolute Gasteiger partial charge is 0.309 e. The topological polar surface area (TPSA) is 36.4 Å². The van der Waals surface area contributed by atoms with Gasteiger partial charge in [0, 0.05) is 17.1 Å². The number of amides is 1. The maximum Gasteiger partial charge on any atom is 0.416 e. The van der Waals surface area contributed by atoms with Crippen LogP contribution in [-0.2, 0) is 6.18 Å². The lowest BCUT2D eigenvalue weighted by Crippen LogP contribution is -2.33. The number of rotatable bonds is 6. The number of thiazole rings is 1. The van der Waals surface area contributed by atoms with Crippen molar-refractivity contribution < 1.29 is 18.0 Å². The molecule has 0 N–H and O–H groups in total. The molecule has 0 saturated heterocycles. The lowest BCUT2D eigenvalue weighted by Gasteiger charge is -2.21. The molecule has 1 amide bonds. The minimum atomic E-state index is -4.45. The van der Waals surface area contributed by atoms with Crippen molar-refractivity contribution in [1.82, 2.24) is 9.88 Å². The third-order valence-electron chi connectivity index (χ3n) is 4.66. The van der Waals surface area contributed by atoms with Gasteiger partial charge in [0.05, 0.1) is 15.8 Å². The molecule has 0 radical (unpaired) electrons. The molecule has 0 spiro atoms. The second-order valence-corrected chi connectivity index (χ2v) is 8.62. The first-order valence-corrected chi connectivity index (χ1v) is 10.5. The van der Waals surface area contributed by atoms with Gasteiger partial charge in [0.1, 0.15) is 0 Å². The zero-order valence-electron chi connectivity index (χ0n) is 16.8. The van der Waals surface area contributed by atoms with Crippen LogP contribution in [0.3, 0.4) is 0 Å². The summed E-state index contributed by atoms with van der Waals surface area (Å²) in [5.74, 6) is -0.384. The number of carbonyl (C=O) groups excluding carboxylic acids is 1. The van der Waals surface area contributed by atoms with Crippen LogP contribution in [-0.4, -0.2) is 43.0 Å². The third-order valence-corrected chi connectivity index (χ3v) is 6.11. The van der Waals surface area contributed by atoms with E-state index in [1.165, 1.54) is 28.4 Å². The van der Waals surface area contributed by atoms with Gasteiger partial charge in [-0.3, -0.25) is 9.69 Å². The summed E-state index contributed by atoms with van der Waals surface area (Å²) in [7, 11) is 3.87. The van der Waals surface area contributed by atoms with Gasteiger partial charge in [-0.1, -0.05) is 22.9 Å². The Labute approximate surface area is 181 Å². The summed E-state index contributed by atoms with van der Waals surface area (Å²) in [5.41, 5.74) is 0.942. The second kappa shape index (κ2) is 8.91. The molecule has 4 nitrogen and oxygen atoms in total. The van der Waals surface area contributed by atoms with Crippen LogP contribution >= 0.6 is 22.9 Å². The molecule has 0 aliphatic heterocycles. The van der Waals surface area contributed by atoms with E-state index >= 15 is 0 Å². The predicted molar refractivity (Wildman–Crippen MR) is 116 cm³/mol. The maximum atomic E-state index is 13.2. The summed E-state index contributed by atoms with van der Waals surface area (Å²) in [6, 6.07) is 7.90. The highest BCUT2D eigenvalue weighted by atomic mass is 35.5. The van der Waals surface area contributed by atoms with E-state index in [0.717, 1.165) is 34.5 Å². The Bertz CT molecular complexity index is 1050. The molecule has 0 bridgehead atoms. The van der Waals surface area contributed by atoms with Gasteiger partial charge >= 0.3 is 6.18 Å². The molecule has 3 rings (SSSR count). The van der Waals surface area contributed by atoms with Gasteiger partial charge in [-0.15, -0.1) is 0 Å². The molecular formula is C21H21ClF3N3OS. The molecule has 1 heterocycles. The fourth-order valence-corrected chi connectivity index (χ4v) is 4.19. The average Bonchev–Trinajstić information content (AvgIpc) is 3.11. The molecule has 1 aromatic heterocycles.